The molecule has 0 amide bonds. The van der Waals surface area contributed by atoms with Crippen LogP contribution in [0, 0.1) is 5.92 Å². The fraction of sp³-hybridized carbons (Fsp3) is 0.571. The average molecular weight is 257 g/mol. The molecule has 1 rings (SSSR count). The van der Waals surface area contributed by atoms with Gasteiger partial charge in [-0.05, 0) is 5.92 Å². The van der Waals surface area contributed by atoms with Crippen molar-refractivity contribution in [2.75, 3.05) is 0 Å². The summed E-state index contributed by atoms with van der Waals surface area (Å²) in [6, 6.07) is 0. The molecule has 0 aliphatic carbocycles. The van der Waals surface area contributed by atoms with E-state index >= 15 is 0 Å². The molecule has 0 aliphatic heterocycles. The van der Waals surface area contributed by atoms with Gasteiger partial charge in [0.2, 0.25) is 0 Å². The third kappa shape index (κ3) is 2.62. The Bertz CT molecular complexity index is 425. The van der Waals surface area contributed by atoms with E-state index in [0.29, 0.717) is 12.5 Å². The summed E-state index contributed by atoms with van der Waals surface area (Å²) < 4.78 is 23.4. The van der Waals surface area contributed by atoms with E-state index in [1.165, 1.54) is 4.68 Å². The molecule has 0 bridgehead atoms. The maximum absolute atomic E-state index is 11.0. The first-order valence-corrected chi connectivity index (χ1v) is 6.67. The average Bonchev–Trinajstić information content (AvgIpc) is 2.30. The lowest BCUT2D eigenvalue weighted by Crippen LogP contribution is -2.06. The molecular weight excluding hydrogens is 247 g/mol. The SMILES string of the molecule is CC(C)Cn1ncc(S(=O)(=O)Cl)c1Cl. The van der Waals surface area contributed by atoms with Crippen molar-refractivity contribution in [1.29, 1.82) is 0 Å². The molecule has 0 atom stereocenters. The molecule has 80 valence electrons. The summed E-state index contributed by atoms with van der Waals surface area (Å²) >= 11 is 5.79. The first-order valence-electron chi connectivity index (χ1n) is 3.98. The number of hydrogen-bond donors (Lipinski definition) is 0. The van der Waals surface area contributed by atoms with Gasteiger partial charge < -0.3 is 0 Å². The van der Waals surface area contributed by atoms with E-state index in [0.717, 1.165) is 6.20 Å². The minimum atomic E-state index is -3.79. The predicted octanol–water partition coefficient (Wildman–Crippen LogP) is 2.12. The van der Waals surface area contributed by atoms with Gasteiger partial charge in [0.1, 0.15) is 10.0 Å². The Balaban J connectivity index is 3.09. The van der Waals surface area contributed by atoms with Gasteiger partial charge in [0.25, 0.3) is 9.05 Å². The lowest BCUT2D eigenvalue weighted by Gasteiger charge is -2.05. The maximum Gasteiger partial charge on any atom is 0.265 e. The van der Waals surface area contributed by atoms with Crippen LogP contribution in [0.15, 0.2) is 11.1 Å². The highest BCUT2D eigenvalue weighted by Gasteiger charge is 2.19. The van der Waals surface area contributed by atoms with E-state index in [2.05, 4.69) is 5.10 Å². The predicted molar refractivity (Wildman–Crippen MR) is 55.1 cm³/mol. The zero-order chi connectivity index (χ0) is 10.9. The van der Waals surface area contributed by atoms with Gasteiger partial charge in [0.15, 0.2) is 0 Å². The third-order valence-electron chi connectivity index (χ3n) is 1.55. The molecule has 0 aromatic carbocycles. The van der Waals surface area contributed by atoms with Gasteiger partial charge in [-0.25, -0.2) is 8.42 Å². The summed E-state index contributed by atoms with van der Waals surface area (Å²) in [6.45, 7) is 4.52. The molecule has 1 aromatic rings. The molecule has 0 saturated carbocycles. The van der Waals surface area contributed by atoms with Crippen LogP contribution in [0.4, 0.5) is 0 Å². The number of rotatable bonds is 3. The molecule has 14 heavy (non-hydrogen) atoms. The van der Waals surface area contributed by atoms with E-state index in [1.54, 1.807) is 0 Å². The Labute approximate surface area is 92.2 Å². The summed E-state index contributed by atoms with van der Waals surface area (Å²) in [5.41, 5.74) is 0. The van der Waals surface area contributed by atoms with Crippen molar-refractivity contribution in [1.82, 2.24) is 9.78 Å². The molecule has 7 heteroatoms. The lowest BCUT2D eigenvalue weighted by molar-refractivity contribution is 0.483. The van der Waals surface area contributed by atoms with Crippen LogP contribution in [0.3, 0.4) is 0 Å². The molecule has 0 unspecified atom stereocenters. The normalized spacial score (nSPS) is 12.4. The number of nitrogens with zero attached hydrogens (tertiary/aromatic N) is 2. The van der Waals surface area contributed by atoms with Gasteiger partial charge >= 0.3 is 0 Å². The second-order valence-electron chi connectivity index (χ2n) is 3.31. The number of aromatic nitrogens is 2. The topological polar surface area (TPSA) is 52.0 Å². The van der Waals surface area contributed by atoms with Crippen molar-refractivity contribution in [3.63, 3.8) is 0 Å². The summed E-state index contributed by atoms with van der Waals surface area (Å²) in [7, 11) is 1.36. The van der Waals surface area contributed by atoms with Crippen LogP contribution >= 0.6 is 22.3 Å². The van der Waals surface area contributed by atoms with Crippen LogP contribution in [0.1, 0.15) is 13.8 Å². The molecular formula is C7H10Cl2N2O2S. The van der Waals surface area contributed by atoms with Crippen LogP contribution in [0.5, 0.6) is 0 Å². The van der Waals surface area contributed by atoms with Crippen molar-refractivity contribution in [2.45, 2.75) is 25.3 Å². The minimum Gasteiger partial charge on any atom is -0.252 e. The van der Waals surface area contributed by atoms with E-state index in [4.69, 9.17) is 22.3 Å². The van der Waals surface area contributed by atoms with Crippen molar-refractivity contribution in [3.8, 4) is 0 Å². The summed E-state index contributed by atoms with van der Waals surface area (Å²) in [4.78, 5) is -0.138. The van der Waals surface area contributed by atoms with Crippen LogP contribution in [0.25, 0.3) is 0 Å². The highest BCUT2D eigenvalue weighted by Crippen LogP contribution is 2.24. The van der Waals surface area contributed by atoms with Crippen LogP contribution in [0.2, 0.25) is 5.15 Å². The smallest absolute Gasteiger partial charge is 0.252 e. The zero-order valence-corrected chi connectivity index (χ0v) is 10.1. The molecule has 0 aliphatic rings. The molecule has 1 heterocycles. The van der Waals surface area contributed by atoms with Crippen LogP contribution in [-0.4, -0.2) is 18.2 Å². The standard InChI is InChI=1S/C7H10Cl2N2O2S/c1-5(2)4-11-7(8)6(3-10-11)14(9,12)13/h3,5H,4H2,1-2H3. The summed E-state index contributed by atoms with van der Waals surface area (Å²) in [5, 5.41) is 3.91. The first-order chi connectivity index (χ1) is 6.32. The van der Waals surface area contributed by atoms with Gasteiger partial charge in [-0.2, -0.15) is 5.10 Å². The third-order valence-corrected chi connectivity index (χ3v) is 3.38. The molecule has 1 aromatic heterocycles. The highest BCUT2D eigenvalue weighted by atomic mass is 35.7. The summed E-state index contributed by atoms with van der Waals surface area (Å²) in [5.74, 6) is 0.332. The zero-order valence-electron chi connectivity index (χ0n) is 7.74. The molecule has 4 nitrogen and oxygen atoms in total. The van der Waals surface area contributed by atoms with E-state index in [-0.39, 0.29) is 10.0 Å². The van der Waals surface area contributed by atoms with Crippen LogP contribution < -0.4 is 0 Å². The van der Waals surface area contributed by atoms with Crippen molar-refractivity contribution >= 4 is 31.3 Å². The molecule has 0 radical (unpaired) electrons. The molecule has 0 fully saturated rings. The van der Waals surface area contributed by atoms with Crippen molar-refractivity contribution in [3.05, 3.63) is 11.3 Å². The molecule has 0 N–H and O–H groups in total. The quantitative estimate of drug-likeness (QED) is 0.779. The van der Waals surface area contributed by atoms with Crippen molar-refractivity contribution < 1.29 is 8.42 Å². The largest absolute Gasteiger partial charge is 0.265 e. The first kappa shape index (κ1) is 11.8. The minimum absolute atomic E-state index is 0.0636. The fourth-order valence-corrected chi connectivity index (χ4v) is 2.39. The lowest BCUT2D eigenvalue weighted by atomic mass is 10.2. The monoisotopic (exact) mass is 256 g/mol. The van der Waals surface area contributed by atoms with Gasteiger partial charge in [0.05, 0.1) is 6.20 Å². The second kappa shape index (κ2) is 4.08. The van der Waals surface area contributed by atoms with Gasteiger partial charge in [-0.15, -0.1) is 0 Å². The number of halogens is 2. The Morgan fingerprint density at radius 1 is 1.57 bits per heavy atom. The fourth-order valence-electron chi connectivity index (χ4n) is 0.990. The summed E-state index contributed by atoms with van der Waals surface area (Å²) in [6.07, 6.45) is 1.16. The van der Waals surface area contributed by atoms with Crippen LogP contribution in [-0.2, 0) is 15.6 Å². The van der Waals surface area contributed by atoms with Crippen molar-refractivity contribution in [2.24, 2.45) is 5.92 Å². The molecule has 0 spiro atoms. The number of hydrogen-bond acceptors (Lipinski definition) is 3. The van der Waals surface area contributed by atoms with Gasteiger partial charge in [-0.1, -0.05) is 25.4 Å². The maximum atomic E-state index is 11.0. The second-order valence-corrected chi connectivity index (χ2v) is 6.21. The van der Waals surface area contributed by atoms with Gasteiger partial charge in [0, 0.05) is 17.2 Å². The Hall–Kier alpha value is -0.260. The Kier molecular flexibility index (Phi) is 3.44. The van der Waals surface area contributed by atoms with E-state index in [1.807, 2.05) is 13.8 Å². The van der Waals surface area contributed by atoms with E-state index in [9.17, 15) is 8.42 Å². The van der Waals surface area contributed by atoms with E-state index < -0.39 is 9.05 Å². The highest BCUT2D eigenvalue weighted by molar-refractivity contribution is 8.13. The molecule has 0 saturated heterocycles. The Morgan fingerprint density at radius 2 is 2.14 bits per heavy atom. The van der Waals surface area contributed by atoms with Gasteiger partial charge in [-0.3, -0.25) is 4.68 Å². The Morgan fingerprint density at radius 3 is 2.50 bits per heavy atom.